The normalized spacial score (nSPS) is 12.9. The number of para-hydroxylation sites is 1. The molecule has 0 unspecified atom stereocenters. The summed E-state index contributed by atoms with van der Waals surface area (Å²) < 4.78 is 12.4. The predicted molar refractivity (Wildman–Crippen MR) is 194 cm³/mol. The Labute approximate surface area is 282 Å². The number of allylic oxidation sites excluding steroid dienone is 1. The van der Waals surface area contributed by atoms with E-state index in [1.54, 1.807) is 0 Å². The summed E-state index contributed by atoms with van der Waals surface area (Å²) in [5.74, 6) is 2.20. The molecular formula is C37H57BrN2O3S. The van der Waals surface area contributed by atoms with Crippen molar-refractivity contribution in [1.29, 1.82) is 0 Å². The van der Waals surface area contributed by atoms with E-state index in [-0.39, 0.29) is 34.9 Å². The van der Waals surface area contributed by atoms with Gasteiger partial charge in [0, 0.05) is 23.5 Å². The number of halogens is 1. The van der Waals surface area contributed by atoms with Crippen molar-refractivity contribution in [3.05, 3.63) is 64.7 Å². The largest absolute Gasteiger partial charge is 0.489 e. The van der Waals surface area contributed by atoms with Crippen LogP contribution < -0.4 is 14.8 Å². The first kappa shape index (κ1) is 38.1. The standard InChI is InChI=1S/C37H56N2O3S.BrH/c1-6-7-8-9-10-11-12-13-14-15-16-17-25-41-36-33(37(3,4)5)19-18-20-34(36)42-27-35(40)38-32-23-21-31(22-24-32)26-39-29-43-28-30(39)2;/h18-24,28H,6-17,25-27,29H2,1-5H3,(H,38,40);1H. The molecule has 1 aliphatic rings. The summed E-state index contributed by atoms with van der Waals surface area (Å²) >= 11 is 1.82. The number of benzene rings is 2. The first-order chi connectivity index (χ1) is 20.8. The number of carbonyl (C=O) groups is 1. The monoisotopic (exact) mass is 688 g/mol. The summed E-state index contributed by atoms with van der Waals surface area (Å²) in [6.07, 6.45) is 15.8. The van der Waals surface area contributed by atoms with Gasteiger partial charge in [0.2, 0.25) is 0 Å². The molecule has 246 valence electrons. The van der Waals surface area contributed by atoms with Crippen molar-refractivity contribution in [1.82, 2.24) is 4.90 Å². The maximum atomic E-state index is 12.8. The molecule has 3 rings (SSSR count). The van der Waals surface area contributed by atoms with Gasteiger partial charge in [-0.1, -0.05) is 123 Å². The maximum absolute atomic E-state index is 12.8. The molecule has 0 saturated carbocycles. The van der Waals surface area contributed by atoms with Crippen LogP contribution in [0.4, 0.5) is 5.69 Å². The van der Waals surface area contributed by atoms with Crippen molar-refractivity contribution < 1.29 is 14.3 Å². The van der Waals surface area contributed by atoms with Gasteiger partial charge in [-0.3, -0.25) is 4.79 Å². The number of nitrogens with one attached hydrogen (secondary N) is 1. The lowest BCUT2D eigenvalue weighted by molar-refractivity contribution is -0.118. The minimum Gasteiger partial charge on any atom is -0.489 e. The fraction of sp³-hybridized carbons (Fsp3) is 0.595. The summed E-state index contributed by atoms with van der Waals surface area (Å²) in [5, 5.41) is 5.16. The van der Waals surface area contributed by atoms with Crippen molar-refractivity contribution >= 4 is 40.3 Å². The van der Waals surface area contributed by atoms with Gasteiger partial charge in [-0.25, -0.2) is 0 Å². The van der Waals surface area contributed by atoms with E-state index in [9.17, 15) is 4.79 Å². The molecule has 7 heteroatoms. The Bertz CT molecular complexity index is 1130. The van der Waals surface area contributed by atoms with Gasteiger partial charge in [0.1, 0.15) is 0 Å². The van der Waals surface area contributed by atoms with Gasteiger partial charge in [0.15, 0.2) is 18.1 Å². The van der Waals surface area contributed by atoms with Crippen LogP contribution in [0, 0.1) is 0 Å². The molecule has 2 aromatic carbocycles. The van der Waals surface area contributed by atoms with Crippen LogP contribution in [0.5, 0.6) is 11.5 Å². The molecule has 5 nitrogen and oxygen atoms in total. The Morgan fingerprint density at radius 2 is 1.48 bits per heavy atom. The second-order valence-corrected chi connectivity index (χ2v) is 13.7. The lowest BCUT2D eigenvalue weighted by Crippen LogP contribution is -2.21. The zero-order chi connectivity index (χ0) is 30.9. The highest BCUT2D eigenvalue weighted by Crippen LogP contribution is 2.38. The van der Waals surface area contributed by atoms with E-state index in [1.165, 1.54) is 81.9 Å². The van der Waals surface area contributed by atoms with Gasteiger partial charge in [0.25, 0.3) is 5.91 Å². The van der Waals surface area contributed by atoms with Crippen LogP contribution in [0.25, 0.3) is 0 Å². The minimum atomic E-state index is -0.185. The van der Waals surface area contributed by atoms with Crippen LogP contribution in [-0.4, -0.2) is 29.9 Å². The van der Waals surface area contributed by atoms with Crippen molar-refractivity contribution in [2.75, 3.05) is 24.4 Å². The Morgan fingerprint density at radius 1 is 0.864 bits per heavy atom. The van der Waals surface area contributed by atoms with Gasteiger partial charge in [-0.2, -0.15) is 0 Å². The van der Waals surface area contributed by atoms with E-state index in [0.717, 1.165) is 35.8 Å². The molecular weight excluding hydrogens is 632 g/mol. The van der Waals surface area contributed by atoms with Gasteiger partial charge in [-0.05, 0) is 47.9 Å². The van der Waals surface area contributed by atoms with Crippen LogP contribution >= 0.6 is 28.7 Å². The smallest absolute Gasteiger partial charge is 0.262 e. The summed E-state index contributed by atoms with van der Waals surface area (Å²) in [4.78, 5) is 15.1. The van der Waals surface area contributed by atoms with Gasteiger partial charge in [-0.15, -0.1) is 28.7 Å². The molecule has 0 fully saturated rings. The first-order valence-corrected chi connectivity index (χ1v) is 17.6. The number of amides is 1. The molecule has 0 bridgehead atoms. The SMILES string of the molecule is Br.CCCCCCCCCCCCCCOc1c(OCC(=O)Nc2ccc(CN3CSC=C3C)cc2)cccc1C(C)(C)C. The molecule has 0 aliphatic carbocycles. The average Bonchev–Trinajstić information content (AvgIpc) is 3.39. The number of nitrogens with zero attached hydrogens (tertiary/aromatic N) is 1. The third kappa shape index (κ3) is 13.9. The predicted octanol–water partition coefficient (Wildman–Crippen LogP) is 11.0. The third-order valence-electron chi connectivity index (χ3n) is 7.98. The van der Waals surface area contributed by atoms with E-state index in [0.29, 0.717) is 12.4 Å². The molecule has 1 heterocycles. The molecule has 1 N–H and O–H groups in total. The van der Waals surface area contributed by atoms with E-state index in [1.807, 2.05) is 36.0 Å². The summed E-state index contributed by atoms with van der Waals surface area (Å²) in [6.45, 7) is 12.4. The topological polar surface area (TPSA) is 50.8 Å². The zero-order valence-electron chi connectivity index (χ0n) is 27.9. The maximum Gasteiger partial charge on any atom is 0.262 e. The molecule has 0 saturated heterocycles. The fourth-order valence-electron chi connectivity index (χ4n) is 5.34. The number of anilines is 1. The highest BCUT2D eigenvalue weighted by molar-refractivity contribution is 8.93. The van der Waals surface area contributed by atoms with E-state index >= 15 is 0 Å². The summed E-state index contributed by atoms with van der Waals surface area (Å²) in [7, 11) is 0. The molecule has 2 aromatic rings. The van der Waals surface area contributed by atoms with E-state index in [2.05, 4.69) is 68.4 Å². The van der Waals surface area contributed by atoms with Crippen LogP contribution in [0.2, 0.25) is 0 Å². The van der Waals surface area contributed by atoms with Crippen molar-refractivity contribution in [3.8, 4) is 11.5 Å². The van der Waals surface area contributed by atoms with Crippen LogP contribution in [0.3, 0.4) is 0 Å². The zero-order valence-corrected chi connectivity index (χ0v) is 30.5. The Kier molecular flexibility index (Phi) is 18.0. The van der Waals surface area contributed by atoms with Crippen molar-refractivity contribution in [2.24, 2.45) is 0 Å². The Morgan fingerprint density at radius 3 is 2.05 bits per heavy atom. The summed E-state index contributed by atoms with van der Waals surface area (Å²) in [6, 6.07) is 14.0. The van der Waals surface area contributed by atoms with Gasteiger partial charge in [0.05, 0.1) is 12.5 Å². The van der Waals surface area contributed by atoms with Crippen molar-refractivity contribution in [2.45, 2.75) is 124 Å². The quantitative estimate of drug-likeness (QED) is 0.140. The van der Waals surface area contributed by atoms with Gasteiger partial charge >= 0.3 is 0 Å². The van der Waals surface area contributed by atoms with Gasteiger partial charge < -0.3 is 19.7 Å². The minimum absolute atomic E-state index is 0. The highest BCUT2D eigenvalue weighted by atomic mass is 79.9. The molecule has 0 radical (unpaired) electrons. The molecule has 0 atom stereocenters. The highest BCUT2D eigenvalue weighted by Gasteiger charge is 2.22. The third-order valence-corrected chi connectivity index (χ3v) is 8.95. The lowest BCUT2D eigenvalue weighted by Gasteiger charge is -2.24. The number of hydrogen-bond donors (Lipinski definition) is 1. The van der Waals surface area contributed by atoms with Crippen molar-refractivity contribution in [3.63, 3.8) is 0 Å². The molecule has 0 aromatic heterocycles. The first-order valence-electron chi connectivity index (χ1n) is 16.6. The van der Waals surface area contributed by atoms with Crippen LogP contribution in [0.1, 0.15) is 123 Å². The number of thioether (sulfide) groups is 1. The Hall–Kier alpha value is -2.12. The number of unbranched alkanes of at least 4 members (excludes halogenated alkanes) is 11. The molecule has 1 aliphatic heterocycles. The molecule has 0 spiro atoms. The number of rotatable bonds is 20. The lowest BCUT2D eigenvalue weighted by atomic mass is 9.86. The summed E-state index contributed by atoms with van der Waals surface area (Å²) in [5.41, 5.74) is 4.29. The van der Waals surface area contributed by atoms with Crippen LogP contribution in [-0.2, 0) is 16.8 Å². The van der Waals surface area contributed by atoms with Crippen LogP contribution in [0.15, 0.2) is 53.6 Å². The fourth-order valence-corrected chi connectivity index (χ4v) is 6.27. The van der Waals surface area contributed by atoms with E-state index < -0.39 is 0 Å². The second kappa shape index (κ2) is 20.8. The Balaban J connectivity index is 0.00000675. The average molecular weight is 690 g/mol. The second-order valence-electron chi connectivity index (χ2n) is 12.9. The van der Waals surface area contributed by atoms with E-state index in [4.69, 9.17) is 9.47 Å². The molecule has 44 heavy (non-hydrogen) atoms. The number of carbonyl (C=O) groups excluding carboxylic acids is 1. The number of hydrogen-bond acceptors (Lipinski definition) is 5. The number of ether oxygens (including phenoxy) is 2. The molecule has 1 amide bonds.